The third-order valence-corrected chi connectivity index (χ3v) is 5.67. The van der Waals surface area contributed by atoms with Gasteiger partial charge in [0.15, 0.2) is 0 Å². The molecule has 0 spiro atoms. The molecule has 0 radical (unpaired) electrons. The van der Waals surface area contributed by atoms with Crippen LogP contribution in [-0.2, 0) is 11.2 Å². The fraction of sp³-hybridized carbons (Fsp3) is 0.346. The Balaban J connectivity index is 1.72. The first-order valence-corrected chi connectivity index (χ1v) is 10.8. The number of nitrogens with zero attached hydrogens (tertiary/aromatic N) is 2. The number of esters is 1. The van der Waals surface area contributed by atoms with Crippen LogP contribution in [0.15, 0.2) is 35.1 Å². The van der Waals surface area contributed by atoms with Crippen molar-refractivity contribution in [1.29, 1.82) is 0 Å². The van der Waals surface area contributed by atoms with E-state index in [-0.39, 0.29) is 23.7 Å². The predicted molar refractivity (Wildman–Crippen MR) is 126 cm³/mol. The summed E-state index contributed by atoms with van der Waals surface area (Å²) < 4.78 is 20.2. The largest absolute Gasteiger partial charge is 0.456 e. The highest BCUT2D eigenvalue weighted by molar-refractivity contribution is 5.90. The van der Waals surface area contributed by atoms with Crippen LogP contribution in [0.1, 0.15) is 60.5 Å². The van der Waals surface area contributed by atoms with Crippen molar-refractivity contribution in [2.45, 2.75) is 52.2 Å². The van der Waals surface area contributed by atoms with E-state index in [1.54, 1.807) is 33.8 Å². The summed E-state index contributed by atoms with van der Waals surface area (Å²) in [5.74, 6) is 1.83. The van der Waals surface area contributed by atoms with Gasteiger partial charge in [-0.15, -0.1) is 6.42 Å². The number of fused-ring (bicyclic) bond motifs is 2. The Hall–Kier alpha value is -3.66. The number of carbonyl (C=O) groups excluding carboxylic acids is 1. The van der Waals surface area contributed by atoms with Gasteiger partial charge in [0.25, 0.3) is 5.56 Å². The number of aromatic amines is 1. The van der Waals surface area contributed by atoms with Crippen molar-refractivity contribution >= 4 is 22.6 Å². The fourth-order valence-electron chi connectivity index (χ4n) is 4.32. The first kappa shape index (κ1) is 22.5. The van der Waals surface area contributed by atoms with Gasteiger partial charge >= 0.3 is 5.97 Å². The number of aryl methyl sites for hydroxylation is 2. The number of ether oxygens (including phenoxy) is 1. The molecule has 2 aromatic carbocycles. The second-order valence-corrected chi connectivity index (χ2v) is 9.27. The van der Waals surface area contributed by atoms with Crippen molar-refractivity contribution in [3.8, 4) is 12.3 Å². The lowest BCUT2D eigenvalue weighted by Crippen LogP contribution is -2.28. The SMILES string of the molecule is C#CCN(c1ccc(C(=O)OC(C)(C)C)c(F)c1)C1CCc2cc3nc(C)[nH]c(=O)c3cc21. The van der Waals surface area contributed by atoms with E-state index in [4.69, 9.17) is 11.2 Å². The van der Waals surface area contributed by atoms with Gasteiger partial charge in [-0.05, 0) is 82.0 Å². The van der Waals surface area contributed by atoms with Crippen molar-refractivity contribution in [3.63, 3.8) is 0 Å². The second-order valence-electron chi connectivity index (χ2n) is 9.27. The van der Waals surface area contributed by atoms with Crippen LogP contribution >= 0.6 is 0 Å². The summed E-state index contributed by atoms with van der Waals surface area (Å²) in [5, 5.41) is 0.512. The molecule has 1 atom stereocenters. The van der Waals surface area contributed by atoms with E-state index >= 15 is 0 Å². The zero-order valence-electron chi connectivity index (χ0n) is 19.2. The van der Waals surface area contributed by atoms with Gasteiger partial charge in [0, 0.05) is 5.69 Å². The van der Waals surface area contributed by atoms with E-state index in [2.05, 4.69) is 15.9 Å². The van der Waals surface area contributed by atoms with Crippen LogP contribution in [0.3, 0.4) is 0 Å². The maximum Gasteiger partial charge on any atom is 0.341 e. The second kappa shape index (κ2) is 8.36. The Kier molecular flexibility index (Phi) is 5.71. The molecular weight excluding hydrogens is 421 g/mol. The molecule has 6 nitrogen and oxygen atoms in total. The van der Waals surface area contributed by atoms with Crippen LogP contribution < -0.4 is 10.5 Å². The van der Waals surface area contributed by atoms with Crippen LogP contribution in [0.5, 0.6) is 0 Å². The normalized spacial score (nSPS) is 15.2. The first-order valence-electron chi connectivity index (χ1n) is 10.8. The summed E-state index contributed by atoms with van der Waals surface area (Å²) in [5.41, 5.74) is 2.25. The molecular formula is C26H26FN3O3. The van der Waals surface area contributed by atoms with Gasteiger partial charge < -0.3 is 14.6 Å². The summed E-state index contributed by atoms with van der Waals surface area (Å²) in [6, 6.07) is 8.10. The van der Waals surface area contributed by atoms with Gasteiger partial charge in [-0.3, -0.25) is 4.79 Å². The van der Waals surface area contributed by atoms with Crippen molar-refractivity contribution in [2.75, 3.05) is 11.4 Å². The molecule has 33 heavy (non-hydrogen) atoms. The molecule has 0 saturated heterocycles. The maximum atomic E-state index is 14.9. The topological polar surface area (TPSA) is 75.3 Å². The summed E-state index contributed by atoms with van der Waals surface area (Å²) in [4.78, 5) is 33.9. The van der Waals surface area contributed by atoms with Gasteiger partial charge in [0.2, 0.25) is 0 Å². The van der Waals surface area contributed by atoms with Gasteiger partial charge in [0.05, 0.1) is 29.1 Å². The predicted octanol–water partition coefficient (Wildman–Crippen LogP) is 4.45. The van der Waals surface area contributed by atoms with E-state index in [0.717, 1.165) is 24.0 Å². The van der Waals surface area contributed by atoms with Crippen molar-refractivity contribution in [3.05, 3.63) is 69.0 Å². The number of halogens is 1. The van der Waals surface area contributed by atoms with Crippen LogP contribution in [0.2, 0.25) is 0 Å². The zero-order valence-corrected chi connectivity index (χ0v) is 19.2. The van der Waals surface area contributed by atoms with Crippen LogP contribution in [-0.4, -0.2) is 28.1 Å². The lowest BCUT2D eigenvalue weighted by molar-refractivity contribution is 0.00647. The molecule has 1 N–H and O–H groups in total. The summed E-state index contributed by atoms with van der Waals surface area (Å²) in [6.07, 6.45) is 7.20. The molecule has 170 valence electrons. The Morgan fingerprint density at radius 2 is 2.09 bits per heavy atom. The molecule has 0 bridgehead atoms. The van der Waals surface area contributed by atoms with Crippen molar-refractivity contribution in [2.24, 2.45) is 0 Å². The molecule has 1 aliphatic carbocycles. The van der Waals surface area contributed by atoms with E-state index in [1.165, 1.54) is 12.1 Å². The van der Waals surface area contributed by atoms with Crippen LogP contribution in [0.4, 0.5) is 10.1 Å². The third kappa shape index (κ3) is 4.47. The summed E-state index contributed by atoms with van der Waals surface area (Å²) >= 11 is 0. The number of rotatable bonds is 4. The van der Waals surface area contributed by atoms with Crippen molar-refractivity contribution < 1.29 is 13.9 Å². The summed E-state index contributed by atoms with van der Waals surface area (Å²) in [6.45, 7) is 7.19. The number of H-pyrrole nitrogens is 1. The van der Waals surface area contributed by atoms with Crippen molar-refractivity contribution in [1.82, 2.24) is 9.97 Å². The molecule has 0 fully saturated rings. The number of hydrogen-bond donors (Lipinski definition) is 1. The molecule has 0 aliphatic heterocycles. The fourth-order valence-corrected chi connectivity index (χ4v) is 4.32. The zero-order chi connectivity index (χ0) is 23.9. The highest BCUT2D eigenvalue weighted by Gasteiger charge is 2.30. The number of anilines is 1. The number of aromatic nitrogens is 2. The molecule has 1 aliphatic rings. The Morgan fingerprint density at radius 3 is 2.76 bits per heavy atom. The molecule has 1 unspecified atom stereocenters. The average molecular weight is 448 g/mol. The van der Waals surface area contributed by atoms with Gasteiger partial charge in [-0.1, -0.05) is 5.92 Å². The molecule has 7 heteroatoms. The highest BCUT2D eigenvalue weighted by atomic mass is 19.1. The molecule has 4 rings (SSSR count). The number of carbonyl (C=O) groups is 1. The highest BCUT2D eigenvalue weighted by Crippen LogP contribution is 2.39. The van der Waals surface area contributed by atoms with E-state index in [1.807, 2.05) is 17.0 Å². The number of hydrogen-bond acceptors (Lipinski definition) is 5. The molecule has 0 amide bonds. The Bertz CT molecular complexity index is 1350. The number of terminal acetylenes is 1. The van der Waals surface area contributed by atoms with Gasteiger partial charge in [-0.2, -0.15) is 0 Å². The first-order chi connectivity index (χ1) is 15.6. The molecule has 3 aromatic rings. The smallest absolute Gasteiger partial charge is 0.341 e. The Labute approximate surface area is 191 Å². The molecule has 0 saturated carbocycles. The average Bonchev–Trinajstić information content (AvgIpc) is 3.11. The quantitative estimate of drug-likeness (QED) is 0.472. The van der Waals surface area contributed by atoms with Gasteiger partial charge in [-0.25, -0.2) is 14.2 Å². The number of nitrogens with one attached hydrogen (secondary N) is 1. The van der Waals surface area contributed by atoms with E-state index in [0.29, 0.717) is 22.4 Å². The lowest BCUT2D eigenvalue weighted by atomic mass is 10.0. The monoisotopic (exact) mass is 447 g/mol. The third-order valence-electron chi connectivity index (χ3n) is 5.67. The number of benzene rings is 2. The lowest BCUT2D eigenvalue weighted by Gasteiger charge is -2.30. The standard InChI is InChI=1S/C26H26FN3O3/c1-6-11-30(17-8-9-18(21(27)13-17)25(32)33-26(3,4)5)23-10-7-16-12-22-20(14-19(16)23)24(31)29-15(2)28-22/h1,8-9,12-14,23H,7,10-11H2,2-5H3,(H,28,29,31). The van der Waals surface area contributed by atoms with E-state index in [9.17, 15) is 14.0 Å². The Morgan fingerprint density at radius 1 is 1.33 bits per heavy atom. The van der Waals surface area contributed by atoms with E-state index < -0.39 is 17.4 Å². The molecule has 1 aromatic heterocycles. The minimum atomic E-state index is -0.723. The van der Waals surface area contributed by atoms with Crippen LogP contribution in [0, 0.1) is 25.1 Å². The maximum absolute atomic E-state index is 14.9. The minimum absolute atomic E-state index is 0.125. The van der Waals surface area contributed by atoms with Crippen LogP contribution in [0.25, 0.3) is 10.9 Å². The minimum Gasteiger partial charge on any atom is -0.456 e. The summed E-state index contributed by atoms with van der Waals surface area (Å²) in [7, 11) is 0. The van der Waals surface area contributed by atoms with Gasteiger partial charge in [0.1, 0.15) is 17.2 Å². The molecule has 1 heterocycles.